The van der Waals surface area contributed by atoms with Crippen molar-refractivity contribution < 1.29 is 14.3 Å². The van der Waals surface area contributed by atoms with E-state index in [4.69, 9.17) is 5.73 Å². The van der Waals surface area contributed by atoms with Crippen molar-refractivity contribution in [2.45, 2.75) is 19.9 Å². The second-order valence-corrected chi connectivity index (χ2v) is 3.38. The highest BCUT2D eigenvalue weighted by Crippen LogP contribution is 1.97. The number of esters is 1. The summed E-state index contributed by atoms with van der Waals surface area (Å²) in [5.74, 6) is -1.16. The quantitative estimate of drug-likeness (QED) is 0.394. The van der Waals surface area contributed by atoms with E-state index >= 15 is 0 Å². The van der Waals surface area contributed by atoms with E-state index in [1.807, 2.05) is 0 Å². The van der Waals surface area contributed by atoms with Crippen molar-refractivity contribution in [2.75, 3.05) is 20.2 Å². The lowest BCUT2D eigenvalue weighted by Crippen LogP contribution is -2.47. The summed E-state index contributed by atoms with van der Waals surface area (Å²) in [7, 11) is 1.57. The lowest BCUT2D eigenvalue weighted by atomic mass is 10.2. The number of nitrogens with two attached hydrogens (primary N) is 1. The van der Waals surface area contributed by atoms with Crippen LogP contribution in [0.4, 0.5) is 0 Å². The number of hydrogen-bond donors (Lipinski definition) is 1. The Balaban J connectivity index is 4.30. The number of hydrogen-bond acceptors (Lipinski definition) is 4. The maximum atomic E-state index is 11.6. The van der Waals surface area contributed by atoms with Crippen LogP contribution in [0.25, 0.3) is 0 Å². The number of amides is 1. The molecule has 1 unspecified atom stereocenters. The number of nitrogens with zero attached hydrogens (tertiary/aromatic N) is 1. The Bertz CT molecular complexity index is 263. The van der Waals surface area contributed by atoms with E-state index in [-0.39, 0.29) is 6.61 Å². The van der Waals surface area contributed by atoms with Crippen molar-refractivity contribution in [1.82, 2.24) is 4.90 Å². The van der Waals surface area contributed by atoms with E-state index in [1.165, 1.54) is 4.90 Å². The standard InChI is InChI=1S/C10H18N2O3/c1-5-15-10(14)8(11)9(13)12(4)6-7(2)3/h8H,2,5-6,11H2,1,3-4H3. The largest absolute Gasteiger partial charge is 0.464 e. The van der Waals surface area contributed by atoms with Gasteiger partial charge in [-0.25, -0.2) is 4.79 Å². The molecule has 0 aromatic heterocycles. The molecule has 0 saturated carbocycles. The lowest BCUT2D eigenvalue weighted by molar-refractivity contribution is -0.150. The SMILES string of the molecule is C=C(C)CN(C)C(=O)C(N)C(=O)OCC. The van der Waals surface area contributed by atoms with Gasteiger partial charge in [-0.15, -0.1) is 0 Å². The zero-order chi connectivity index (χ0) is 12.0. The molecule has 0 aliphatic carbocycles. The van der Waals surface area contributed by atoms with Crippen LogP contribution in [0.15, 0.2) is 12.2 Å². The molecule has 5 heteroatoms. The topological polar surface area (TPSA) is 72.6 Å². The third kappa shape index (κ3) is 4.60. The fourth-order valence-electron chi connectivity index (χ4n) is 1.05. The minimum absolute atomic E-state index is 0.212. The summed E-state index contributed by atoms with van der Waals surface area (Å²) in [5.41, 5.74) is 6.25. The van der Waals surface area contributed by atoms with E-state index in [0.717, 1.165) is 5.57 Å². The first kappa shape index (κ1) is 13.6. The minimum Gasteiger partial charge on any atom is -0.464 e. The number of likely N-dealkylation sites (N-methyl/N-ethyl adjacent to an activating group) is 1. The Hall–Kier alpha value is -1.36. The summed E-state index contributed by atoms with van der Waals surface area (Å²) in [6.45, 7) is 7.71. The van der Waals surface area contributed by atoms with Gasteiger partial charge in [-0.2, -0.15) is 0 Å². The zero-order valence-electron chi connectivity index (χ0n) is 9.45. The van der Waals surface area contributed by atoms with Gasteiger partial charge in [-0.1, -0.05) is 12.2 Å². The van der Waals surface area contributed by atoms with E-state index < -0.39 is 17.9 Å². The summed E-state index contributed by atoms with van der Waals surface area (Å²) >= 11 is 0. The monoisotopic (exact) mass is 214 g/mol. The summed E-state index contributed by atoms with van der Waals surface area (Å²) in [4.78, 5) is 24.1. The first-order valence-electron chi connectivity index (χ1n) is 4.71. The van der Waals surface area contributed by atoms with Crippen molar-refractivity contribution >= 4 is 11.9 Å². The van der Waals surface area contributed by atoms with E-state index in [0.29, 0.717) is 6.54 Å². The van der Waals surface area contributed by atoms with Gasteiger partial charge >= 0.3 is 5.97 Å². The molecule has 5 nitrogen and oxygen atoms in total. The molecule has 0 aliphatic heterocycles. The fraction of sp³-hybridized carbons (Fsp3) is 0.600. The van der Waals surface area contributed by atoms with E-state index in [1.54, 1.807) is 20.9 Å². The van der Waals surface area contributed by atoms with Gasteiger partial charge in [0.05, 0.1) is 6.61 Å². The van der Waals surface area contributed by atoms with Crippen LogP contribution in [0.3, 0.4) is 0 Å². The Morgan fingerprint density at radius 3 is 2.47 bits per heavy atom. The van der Waals surface area contributed by atoms with Crippen LogP contribution in [0, 0.1) is 0 Å². The molecule has 15 heavy (non-hydrogen) atoms. The number of carbonyl (C=O) groups excluding carboxylic acids is 2. The van der Waals surface area contributed by atoms with Gasteiger partial charge in [0.2, 0.25) is 0 Å². The lowest BCUT2D eigenvalue weighted by Gasteiger charge is -2.20. The summed E-state index contributed by atoms with van der Waals surface area (Å²) in [6, 6.07) is -1.24. The molecule has 0 aliphatic rings. The van der Waals surface area contributed by atoms with Gasteiger partial charge < -0.3 is 15.4 Å². The molecule has 0 aromatic rings. The van der Waals surface area contributed by atoms with Crippen molar-refractivity contribution in [3.63, 3.8) is 0 Å². The first-order chi connectivity index (χ1) is 6.90. The molecule has 0 spiro atoms. The molecular formula is C10H18N2O3. The van der Waals surface area contributed by atoms with Crippen LogP contribution in [0.5, 0.6) is 0 Å². The smallest absolute Gasteiger partial charge is 0.332 e. The van der Waals surface area contributed by atoms with Crippen molar-refractivity contribution in [2.24, 2.45) is 5.73 Å². The fourth-order valence-corrected chi connectivity index (χ4v) is 1.05. The van der Waals surface area contributed by atoms with Gasteiger partial charge in [0.15, 0.2) is 6.04 Å². The predicted molar refractivity (Wildman–Crippen MR) is 57.1 cm³/mol. The molecule has 1 atom stereocenters. The summed E-state index contributed by atoms with van der Waals surface area (Å²) < 4.78 is 4.65. The molecule has 0 rings (SSSR count). The van der Waals surface area contributed by atoms with Gasteiger partial charge in [0, 0.05) is 13.6 Å². The van der Waals surface area contributed by atoms with Crippen LogP contribution in [0.2, 0.25) is 0 Å². The summed E-state index contributed by atoms with van der Waals surface area (Å²) in [5, 5.41) is 0. The third-order valence-electron chi connectivity index (χ3n) is 1.69. The van der Waals surface area contributed by atoms with Gasteiger partial charge in [-0.3, -0.25) is 4.79 Å². The average molecular weight is 214 g/mol. The normalized spacial score (nSPS) is 11.7. The molecule has 0 aromatic carbocycles. The molecule has 0 radical (unpaired) electrons. The van der Waals surface area contributed by atoms with E-state index in [2.05, 4.69) is 11.3 Å². The summed E-state index contributed by atoms with van der Waals surface area (Å²) in [6.07, 6.45) is 0. The highest BCUT2D eigenvalue weighted by atomic mass is 16.5. The van der Waals surface area contributed by atoms with Gasteiger partial charge in [-0.05, 0) is 13.8 Å². The Labute approximate surface area is 89.9 Å². The second-order valence-electron chi connectivity index (χ2n) is 3.38. The Kier molecular flexibility index (Phi) is 5.62. The first-order valence-corrected chi connectivity index (χ1v) is 4.71. The van der Waals surface area contributed by atoms with E-state index in [9.17, 15) is 9.59 Å². The maximum absolute atomic E-state index is 11.6. The average Bonchev–Trinajstić information content (AvgIpc) is 2.14. The van der Waals surface area contributed by atoms with Gasteiger partial charge in [0.25, 0.3) is 5.91 Å². The van der Waals surface area contributed by atoms with Crippen molar-refractivity contribution in [3.05, 3.63) is 12.2 Å². The zero-order valence-corrected chi connectivity index (χ0v) is 9.45. The number of ether oxygens (including phenoxy) is 1. The predicted octanol–water partition coefficient (Wildman–Crippen LogP) is -0.0887. The Morgan fingerprint density at radius 2 is 2.07 bits per heavy atom. The second kappa shape index (κ2) is 6.19. The molecule has 0 saturated heterocycles. The number of rotatable bonds is 5. The molecule has 0 bridgehead atoms. The highest BCUT2D eigenvalue weighted by molar-refractivity contribution is 6.01. The van der Waals surface area contributed by atoms with Crippen molar-refractivity contribution in [3.8, 4) is 0 Å². The van der Waals surface area contributed by atoms with Crippen molar-refractivity contribution in [1.29, 1.82) is 0 Å². The maximum Gasteiger partial charge on any atom is 0.332 e. The molecule has 0 heterocycles. The minimum atomic E-state index is -1.24. The van der Waals surface area contributed by atoms with Crippen LogP contribution in [-0.2, 0) is 14.3 Å². The Morgan fingerprint density at radius 1 is 1.53 bits per heavy atom. The third-order valence-corrected chi connectivity index (χ3v) is 1.69. The van der Waals surface area contributed by atoms with Crippen LogP contribution >= 0.6 is 0 Å². The molecule has 2 N–H and O–H groups in total. The molecule has 86 valence electrons. The molecule has 0 fully saturated rings. The van der Waals surface area contributed by atoms with Gasteiger partial charge in [0.1, 0.15) is 0 Å². The molecule has 1 amide bonds. The highest BCUT2D eigenvalue weighted by Gasteiger charge is 2.26. The molecular weight excluding hydrogens is 196 g/mol. The van der Waals surface area contributed by atoms with Crippen LogP contribution in [-0.4, -0.2) is 43.0 Å². The number of carbonyl (C=O) groups is 2. The van der Waals surface area contributed by atoms with Crippen LogP contribution in [0.1, 0.15) is 13.8 Å². The van der Waals surface area contributed by atoms with Crippen LogP contribution < -0.4 is 5.73 Å².